The second-order valence-electron chi connectivity index (χ2n) is 7.00. The molecule has 0 N–H and O–H groups in total. The van der Waals surface area contributed by atoms with Gasteiger partial charge in [0, 0.05) is 42.5 Å². The molecule has 158 valence electrons. The molecule has 0 bridgehead atoms. The molecule has 0 saturated heterocycles. The molecule has 1 heterocycles. The zero-order valence-corrected chi connectivity index (χ0v) is 17.0. The Morgan fingerprint density at radius 3 is 1.90 bits per heavy atom. The minimum absolute atomic E-state index is 0.119. The van der Waals surface area contributed by atoms with Crippen molar-refractivity contribution in [2.24, 2.45) is 0 Å². The van der Waals surface area contributed by atoms with Crippen LogP contribution in [-0.2, 0) is 21.4 Å². The van der Waals surface area contributed by atoms with Gasteiger partial charge in [-0.3, -0.25) is 4.98 Å². The third-order valence-electron chi connectivity index (χ3n) is 5.35. The van der Waals surface area contributed by atoms with Crippen LogP contribution >= 0.6 is 0 Å². The molecule has 0 spiro atoms. The molecule has 4 aromatic rings. The maximum Gasteiger partial charge on any atom is 0.418 e. The minimum atomic E-state index is -4.53. The molecule has 0 aliphatic carbocycles. The van der Waals surface area contributed by atoms with Gasteiger partial charge < -0.3 is 9.47 Å². The lowest BCUT2D eigenvalue weighted by Gasteiger charge is -2.33. The Balaban J connectivity index is 2.14. The molecule has 4 rings (SSSR count). The fourth-order valence-electron chi connectivity index (χ4n) is 3.97. The number of hydrogen-bond donors (Lipinski definition) is 0. The normalized spacial score (nSPS) is 12.3. The summed E-state index contributed by atoms with van der Waals surface area (Å²) in [5.74, 6) is -1.36. The van der Waals surface area contributed by atoms with E-state index >= 15 is 0 Å². The Labute approximate surface area is 178 Å². The number of aromatic nitrogens is 1. The van der Waals surface area contributed by atoms with Gasteiger partial charge in [0.2, 0.25) is 5.79 Å². The first-order valence-corrected chi connectivity index (χ1v) is 9.63. The summed E-state index contributed by atoms with van der Waals surface area (Å²) in [4.78, 5) is 4.24. The van der Waals surface area contributed by atoms with Gasteiger partial charge in [-0.1, -0.05) is 72.8 Å². The average molecular weight is 423 g/mol. The summed E-state index contributed by atoms with van der Waals surface area (Å²) in [5, 5.41) is 0.368. The molecular weight excluding hydrogens is 403 g/mol. The second-order valence-corrected chi connectivity index (χ2v) is 7.00. The van der Waals surface area contributed by atoms with E-state index in [1.54, 1.807) is 6.07 Å². The molecule has 0 unspecified atom stereocenters. The van der Waals surface area contributed by atoms with Gasteiger partial charge in [0.25, 0.3) is 0 Å². The van der Waals surface area contributed by atoms with Gasteiger partial charge in [-0.25, -0.2) is 0 Å². The predicted molar refractivity (Wildman–Crippen MR) is 113 cm³/mol. The number of para-hydroxylation sites is 1. The molecular formula is C25H20F3NO2. The summed E-state index contributed by atoms with van der Waals surface area (Å²) in [6, 6.07) is 22.6. The van der Waals surface area contributed by atoms with Crippen molar-refractivity contribution in [2.45, 2.75) is 12.0 Å². The van der Waals surface area contributed by atoms with Gasteiger partial charge in [0.15, 0.2) is 0 Å². The van der Waals surface area contributed by atoms with Gasteiger partial charge in [-0.05, 0) is 11.6 Å². The minimum Gasteiger partial charge on any atom is -0.345 e. The van der Waals surface area contributed by atoms with E-state index in [1.807, 2.05) is 60.7 Å². The SMILES string of the molecule is COC(OC)(c1ccccc1)c1cnc2c(C(F)(F)F)cccc2c1-c1ccccc1. The van der Waals surface area contributed by atoms with Crippen molar-refractivity contribution in [3.05, 3.63) is 102 Å². The summed E-state index contributed by atoms with van der Waals surface area (Å²) in [6.07, 6.45) is -3.11. The topological polar surface area (TPSA) is 31.4 Å². The molecule has 0 amide bonds. The van der Waals surface area contributed by atoms with Crippen LogP contribution in [0.15, 0.2) is 85.1 Å². The van der Waals surface area contributed by atoms with Crippen molar-refractivity contribution in [1.82, 2.24) is 4.98 Å². The first-order chi connectivity index (χ1) is 14.9. The Kier molecular flexibility index (Phi) is 5.52. The summed E-state index contributed by atoms with van der Waals surface area (Å²) in [6.45, 7) is 0. The highest BCUT2D eigenvalue weighted by atomic mass is 19.4. The molecule has 0 radical (unpaired) electrons. The molecule has 31 heavy (non-hydrogen) atoms. The number of benzene rings is 3. The summed E-state index contributed by atoms with van der Waals surface area (Å²) >= 11 is 0. The van der Waals surface area contributed by atoms with Gasteiger partial charge in [0.1, 0.15) is 0 Å². The molecule has 0 aliphatic heterocycles. The van der Waals surface area contributed by atoms with Crippen LogP contribution in [0.5, 0.6) is 0 Å². The van der Waals surface area contributed by atoms with Crippen molar-refractivity contribution in [2.75, 3.05) is 14.2 Å². The Bertz CT molecular complexity index is 1190. The first-order valence-electron chi connectivity index (χ1n) is 9.63. The number of halogens is 3. The smallest absolute Gasteiger partial charge is 0.345 e. The third kappa shape index (κ3) is 3.58. The van der Waals surface area contributed by atoms with E-state index in [1.165, 1.54) is 26.5 Å². The van der Waals surface area contributed by atoms with Crippen LogP contribution in [0, 0.1) is 0 Å². The molecule has 0 aliphatic rings. The van der Waals surface area contributed by atoms with E-state index in [9.17, 15) is 13.2 Å². The highest BCUT2D eigenvalue weighted by molar-refractivity contribution is 5.98. The lowest BCUT2D eigenvalue weighted by atomic mass is 9.88. The lowest BCUT2D eigenvalue weighted by molar-refractivity contribution is -0.183. The molecule has 6 heteroatoms. The van der Waals surface area contributed by atoms with E-state index < -0.39 is 17.5 Å². The van der Waals surface area contributed by atoms with Crippen molar-refractivity contribution >= 4 is 10.9 Å². The summed E-state index contributed by atoms with van der Waals surface area (Å²) in [5.41, 5.74) is 1.62. The van der Waals surface area contributed by atoms with Crippen LogP contribution in [0.1, 0.15) is 16.7 Å². The average Bonchev–Trinajstić information content (AvgIpc) is 2.80. The molecule has 3 nitrogen and oxygen atoms in total. The first kappa shape index (κ1) is 21.0. The van der Waals surface area contributed by atoms with Crippen LogP contribution in [0.25, 0.3) is 22.0 Å². The molecule has 0 atom stereocenters. The van der Waals surface area contributed by atoms with Crippen molar-refractivity contribution in [3.8, 4) is 11.1 Å². The number of alkyl halides is 3. The predicted octanol–water partition coefficient (Wildman–Crippen LogP) is 6.41. The molecule has 0 fully saturated rings. The zero-order valence-electron chi connectivity index (χ0n) is 17.0. The number of nitrogens with zero attached hydrogens (tertiary/aromatic N) is 1. The van der Waals surface area contributed by atoms with Crippen molar-refractivity contribution < 1.29 is 22.6 Å². The van der Waals surface area contributed by atoms with Gasteiger partial charge in [0.05, 0.1) is 11.1 Å². The Morgan fingerprint density at radius 2 is 1.32 bits per heavy atom. The zero-order chi connectivity index (χ0) is 22.1. The summed E-state index contributed by atoms with van der Waals surface area (Å²) in [7, 11) is 3.00. The van der Waals surface area contributed by atoms with E-state index in [0.717, 1.165) is 11.6 Å². The van der Waals surface area contributed by atoms with Crippen LogP contribution in [0.4, 0.5) is 13.2 Å². The molecule has 1 aromatic heterocycles. The number of pyridine rings is 1. The highest BCUT2D eigenvalue weighted by Gasteiger charge is 2.39. The number of hydrogen-bond acceptors (Lipinski definition) is 3. The third-order valence-corrected chi connectivity index (χ3v) is 5.35. The lowest BCUT2D eigenvalue weighted by Crippen LogP contribution is -2.33. The van der Waals surface area contributed by atoms with Crippen LogP contribution in [0.3, 0.4) is 0 Å². The van der Waals surface area contributed by atoms with Gasteiger partial charge in [-0.2, -0.15) is 13.2 Å². The second kappa shape index (κ2) is 8.13. The van der Waals surface area contributed by atoms with Crippen LogP contribution in [0.2, 0.25) is 0 Å². The molecule has 0 saturated carbocycles. The number of fused-ring (bicyclic) bond motifs is 1. The number of methoxy groups -OCH3 is 2. The van der Waals surface area contributed by atoms with Crippen LogP contribution in [-0.4, -0.2) is 19.2 Å². The Morgan fingerprint density at radius 1 is 0.710 bits per heavy atom. The van der Waals surface area contributed by atoms with E-state index in [4.69, 9.17) is 9.47 Å². The summed E-state index contributed by atoms with van der Waals surface area (Å²) < 4.78 is 52.8. The van der Waals surface area contributed by atoms with Gasteiger partial charge in [-0.15, -0.1) is 0 Å². The van der Waals surface area contributed by atoms with Crippen LogP contribution < -0.4 is 0 Å². The maximum absolute atomic E-state index is 13.7. The van der Waals surface area contributed by atoms with Crippen molar-refractivity contribution in [3.63, 3.8) is 0 Å². The largest absolute Gasteiger partial charge is 0.418 e. The van der Waals surface area contributed by atoms with E-state index in [2.05, 4.69) is 4.98 Å². The molecule has 3 aromatic carbocycles. The fourth-order valence-corrected chi connectivity index (χ4v) is 3.97. The quantitative estimate of drug-likeness (QED) is 0.347. The van der Waals surface area contributed by atoms with Crippen molar-refractivity contribution in [1.29, 1.82) is 0 Å². The van der Waals surface area contributed by atoms with E-state index in [-0.39, 0.29) is 5.52 Å². The number of ether oxygens (including phenoxy) is 2. The Hall–Kier alpha value is -3.22. The maximum atomic E-state index is 13.7. The fraction of sp³-hybridized carbons (Fsp3) is 0.160. The highest BCUT2D eigenvalue weighted by Crippen LogP contribution is 2.44. The van der Waals surface area contributed by atoms with E-state index in [0.29, 0.717) is 22.1 Å². The van der Waals surface area contributed by atoms with Gasteiger partial charge >= 0.3 is 6.18 Å². The monoisotopic (exact) mass is 423 g/mol. The number of rotatable bonds is 5. The standard InChI is InChI=1S/C25H20F3NO2/c1-30-24(31-2,18-12-7-4-8-13-18)21-16-29-23-19(14-9-15-20(23)25(26,27)28)22(21)17-10-5-3-6-11-17/h3-16H,1-2H3.